The van der Waals surface area contributed by atoms with Crippen LogP contribution in [0.4, 0.5) is 8.78 Å². The van der Waals surface area contributed by atoms with E-state index in [2.05, 4.69) is 4.98 Å². The summed E-state index contributed by atoms with van der Waals surface area (Å²) >= 11 is 0. The van der Waals surface area contributed by atoms with Crippen molar-refractivity contribution in [2.75, 3.05) is 0 Å². The number of fused-ring (bicyclic) bond motifs is 1. The Hall–Kier alpha value is -1.52. The molecule has 19 heavy (non-hydrogen) atoms. The zero-order valence-corrected chi connectivity index (χ0v) is 10.8. The normalized spacial score (nSPS) is 22.7. The summed E-state index contributed by atoms with van der Waals surface area (Å²) in [5, 5.41) is 0. The zero-order valence-electron chi connectivity index (χ0n) is 10.8. The number of aryl methyl sites for hydroxylation is 1. The largest absolute Gasteiger partial charge is 0.372 e. The van der Waals surface area contributed by atoms with E-state index in [9.17, 15) is 13.6 Å². The lowest BCUT2D eigenvalue weighted by atomic mass is 9.94. The fraction of sp³-hybridized carbons (Fsp3) is 0.571. The van der Waals surface area contributed by atoms with E-state index in [0.29, 0.717) is 12.8 Å². The van der Waals surface area contributed by atoms with Gasteiger partial charge in [-0.2, -0.15) is 8.78 Å². The third-order valence-electron chi connectivity index (χ3n) is 4.00. The molecule has 0 aromatic carbocycles. The number of carbonyl (C=O) groups excluding carboxylic acids is 1. The van der Waals surface area contributed by atoms with Gasteiger partial charge < -0.3 is 0 Å². The van der Waals surface area contributed by atoms with E-state index < -0.39 is 12.0 Å². The Bertz CT molecular complexity index is 524. The van der Waals surface area contributed by atoms with Gasteiger partial charge in [-0.15, -0.1) is 0 Å². The van der Waals surface area contributed by atoms with Crippen LogP contribution in [0.25, 0.3) is 0 Å². The number of hydrogen-bond acceptors (Lipinski definition) is 2. The van der Waals surface area contributed by atoms with Crippen molar-refractivity contribution >= 4 is 5.91 Å². The van der Waals surface area contributed by atoms with Crippen LogP contribution < -0.4 is 0 Å². The quantitative estimate of drug-likeness (QED) is 0.731. The molecule has 0 bridgehead atoms. The maximum atomic E-state index is 14.4. The summed E-state index contributed by atoms with van der Waals surface area (Å²) in [7, 11) is 0. The van der Waals surface area contributed by atoms with Crippen LogP contribution in [0.2, 0.25) is 0 Å². The Morgan fingerprint density at radius 3 is 2.68 bits per heavy atom. The Balaban J connectivity index is 2.02. The summed E-state index contributed by atoms with van der Waals surface area (Å²) in [6.07, 6.45) is 5.60. The minimum absolute atomic E-state index is 0.0653. The first-order chi connectivity index (χ1) is 9.01. The molecule has 0 spiro atoms. The van der Waals surface area contributed by atoms with Gasteiger partial charge in [-0.3, -0.25) is 14.7 Å². The first-order valence-electron chi connectivity index (χ1n) is 6.70. The molecule has 0 saturated heterocycles. The molecule has 0 radical (unpaired) electrons. The van der Waals surface area contributed by atoms with Crippen LogP contribution in [0.5, 0.6) is 0 Å². The third-order valence-corrected chi connectivity index (χ3v) is 4.00. The molecule has 1 aliphatic heterocycles. The Kier molecular flexibility index (Phi) is 2.80. The zero-order chi connectivity index (χ0) is 13.6. The highest BCUT2D eigenvalue weighted by Gasteiger charge is 2.55. The van der Waals surface area contributed by atoms with E-state index in [1.54, 1.807) is 6.92 Å². The molecule has 1 fully saturated rings. The lowest BCUT2D eigenvalue weighted by Crippen LogP contribution is -2.45. The van der Waals surface area contributed by atoms with E-state index in [1.807, 2.05) is 0 Å². The maximum absolute atomic E-state index is 14.4. The summed E-state index contributed by atoms with van der Waals surface area (Å²) < 4.78 is 28.8. The van der Waals surface area contributed by atoms with Crippen molar-refractivity contribution in [2.24, 2.45) is 0 Å². The van der Waals surface area contributed by atoms with E-state index in [1.165, 1.54) is 12.3 Å². The van der Waals surface area contributed by atoms with Crippen LogP contribution in [-0.4, -0.2) is 21.8 Å². The molecule has 102 valence electrons. The van der Waals surface area contributed by atoms with Gasteiger partial charge in [-0.1, -0.05) is 19.3 Å². The van der Waals surface area contributed by atoms with E-state index in [0.717, 1.165) is 29.7 Å². The van der Waals surface area contributed by atoms with Crippen LogP contribution in [-0.2, 0) is 6.05 Å². The topological polar surface area (TPSA) is 33.2 Å². The maximum Gasteiger partial charge on any atom is 0.372 e. The Morgan fingerprint density at radius 2 is 2.00 bits per heavy atom. The summed E-state index contributed by atoms with van der Waals surface area (Å²) in [6, 6.07) is -2.10. The second kappa shape index (κ2) is 4.25. The minimum atomic E-state index is -3.26. The first-order valence-corrected chi connectivity index (χ1v) is 6.70. The molecular weight excluding hydrogens is 250 g/mol. The highest BCUT2D eigenvalue weighted by Crippen LogP contribution is 2.44. The SMILES string of the molecule is Cc1cnc2c(c1)C(=O)N(C1CCCCC1)C2(F)F. The number of alkyl halides is 2. The van der Waals surface area contributed by atoms with E-state index in [-0.39, 0.29) is 17.3 Å². The summed E-state index contributed by atoms with van der Waals surface area (Å²) in [4.78, 5) is 16.8. The van der Waals surface area contributed by atoms with Gasteiger partial charge in [-0.05, 0) is 31.4 Å². The van der Waals surface area contributed by atoms with Crippen molar-refractivity contribution in [1.82, 2.24) is 9.88 Å². The summed E-state index contributed by atoms with van der Waals surface area (Å²) in [5.74, 6) is -0.567. The van der Waals surface area contributed by atoms with Gasteiger partial charge in [0.05, 0.1) is 5.56 Å². The highest BCUT2D eigenvalue weighted by molar-refractivity contribution is 5.99. The van der Waals surface area contributed by atoms with Crippen LogP contribution in [0.1, 0.15) is 53.7 Å². The molecule has 1 saturated carbocycles. The summed E-state index contributed by atoms with van der Waals surface area (Å²) in [6.45, 7) is 1.75. The molecule has 0 N–H and O–H groups in total. The van der Waals surface area contributed by atoms with Gasteiger partial charge in [0.25, 0.3) is 5.91 Å². The molecule has 1 aromatic heterocycles. The number of hydrogen-bond donors (Lipinski definition) is 0. The first kappa shape index (κ1) is 12.5. The smallest absolute Gasteiger partial charge is 0.271 e. The van der Waals surface area contributed by atoms with Crippen molar-refractivity contribution in [2.45, 2.75) is 51.1 Å². The van der Waals surface area contributed by atoms with Gasteiger partial charge >= 0.3 is 6.05 Å². The van der Waals surface area contributed by atoms with Crippen molar-refractivity contribution in [3.8, 4) is 0 Å². The van der Waals surface area contributed by atoms with Crippen LogP contribution in [0, 0.1) is 6.92 Å². The van der Waals surface area contributed by atoms with Gasteiger partial charge in [0.15, 0.2) is 0 Å². The molecule has 2 heterocycles. The van der Waals surface area contributed by atoms with Crippen LogP contribution in [0.15, 0.2) is 12.3 Å². The molecule has 3 rings (SSSR count). The molecule has 1 aliphatic carbocycles. The number of carbonyl (C=O) groups is 1. The molecule has 0 unspecified atom stereocenters. The van der Waals surface area contributed by atoms with E-state index in [4.69, 9.17) is 0 Å². The number of halogens is 2. The lowest BCUT2D eigenvalue weighted by molar-refractivity contribution is -0.145. The molecule has 5 heteroatoms. The monoisotopic (exact) mass is 266 g/mol. The van der Waals surface area contributed by atoms with Gasteiger partial charge in [0, 0.05) is 12.2 Å². The Morgan fingerprint density at radius 1 is 1.32 bits per heavy atom. The number of rotatable bonds is 1. The molecule has 3 nitrogen and oxygen atoms in total. The van der Waals surface area contributed by atoms with Crippen LogP contribution in [0.3, 0.4) is 0 Å². The molecule has 0 atom stereocenters. The Labute approximate surface area is 110 Å². The predicted octanol–water partition coefficient (Wildman–Crippen LogP) is 3.23. The number of nitrogens with zero attached hydrogens (tertiary/aromatic N) is 2. The average molecular weight is 266 g/mol. The van der Waals surface area contributed by atoms with Gasteiger partial charge in [0.1, 0.15) is 5.69 Å². The number of amides is 1. The van der Waals surface area contributed by atoms with Crippen molar-refractivity contribution < 1.29 is 13.6 Å². The number of pyridine rings is 1. The minimum Gasteiger partial charge on any atom is -0.271 e. The second-order valence-corrected chi connectivity index (χ2v) is 5.42. The van der Waals surface area contributed by atoms with Crippen molar-refractivity contribution in [1.29, 1.82) is 0 Å². The van der Waals surface area contributed by atoms with Crippen molar-refractivity contribution in [3.05, 3.63) is 29.1 Å². The van der Waals surface area contributed by atoms with E-state index >= 15 is 0 Å². The van der Waals surface area contributed by atoms with Crippen molar-refractivity contribution in [3.63, 3.8) is 0 Å². The second-order valence-electron chi connectivity index (χ2n) is 5.42. The van der Waals surface area contributed by atoms with Crippen LogP contribution >= 0.6 is 0 Å². The van der Waals surface area contributed by atoms with Gasteiger partial charge in [0.2, 0.25) is 0 Å². The molecule has 1 amide bonds. The molecule has 1 aromatic rings. The predicted molar refractivity (Wildman–Crippen MR) is 65.9 cm³/mol. The third kappa shape index (κ3) is 1.83. The average Bonchev–Trinajstić information content (AvgIpc) is 2.58. The van der Waals surface area contributed by atoms with Gasteiger partial charge in [-0.25, -0.2) is 0 Å². The summed E-state index contributed by atoms with van der Waals surface area (Å²) in [5.41, 5.74) is 0.414. The fourth-order valence-electron chi connectivity index (χ4n) is 3.08. The lowest BCUT2D eigenvalue weighted by Gasteiger charge is -2.34. The molecule has 2 aliphatic rings. The highest BCUT2D eigenvalue weighted by atomic mass is 19.3. The fourth-order valence-corrected chi connectivity index (χ4v) is 3.08. The standard InChI is InChI=1S/C14H16F2N2O/c1-9-7-11-12(17-8-9)14(15,16)18(13(11)19)10-5-3-2-4-6-10/h7-8,10H,2-6H2,1H3. The number of aromatic nitrogens is 1. The molecular formula is C14H16F2N2O.